The topological polar surface area (TPSA) is 28.7 Å². The van der Waals surface area contributed by atoms with Gasteiger partial charge in [-0.1, -0.05) is 11.6 Å². The molecule has 1 aromatic carbocycles. The molecule has 2 aromatic rings. The number of fused-ring (bicyclic) bond motifs is 1. The summed E-state index contributed by atoms with van der Waals surface area (Å²) in [4.78, 5) is 0. The Labute approximate surface area is 83.9 Å². The number of hydrogen-bond donors (Lipinski definition) is 1. The standard InChI is InChI=1S/C9H7ClF2N2/c1-4-2-5(10)7-6(3-4)13-14-8(7)9(11)12/h2-3,9H,1H3,(H,13,14). The van der Waals surface area contributed by atoms with Gasteiger partial charge < -0.3 is 0 Å². The van der Waals surface area contributed by atoms with E-state index in [1.54, 1.807) is 12.1 Å². The van der Waals surface area contributed by atoms with Crippen LogP contribution in [0.1, 0.15) is 17.7 Å². The molecular formula is C9H7ClF2N2. The van der Waals surface area contributed by atoms with E-state index in [9.17, 15) is 8.78 Å². The summed E-state index contributed by atoms with van der Waals surface area (Å²) in [5, 5.41) is 6.69. The van der Waals surface area contributed by atoms with Crippen LogP contribution in [-0.2, 0) is 0 Å². The second-order valence-electron chi connectivity index (χ2n) is 3.08. The first kappa shape index (κ1) is 9.40. The normalized spacial score (nSPS) is 11.5. The molecule has 1 heterocycles. The molecule has 1 aromatic heterocycles. The van der Waals surface area contributed by atoms with Gasteiger partial charge in [0.25, 0.3) is 6.43 Å². The highest BCUT2D eigenvalue weighted by Gasteiger charge is 2.17. The summed E-state index contributed by atoms with van der Waals surface area (Å²) in [6, 6.07) is 3.36. The van der Waals surface area contributed by atoms with Crippen LogP contribution in [0.15, 0.2) is 12.1 Å². The van der Waals surface area contributed by atoms with Crippen molar-refractivity contribution in [2.45, 2.75) is 13.3 Å². The third kappa shape index (κ3) is 1.35. The quantitative estimate of drug-likeness (QED) is 0.777. The third-order valence-electron chi connectivity index (χ3n) is 2.00. The molecule has 0 bridgehead atoms. The van der Waals surface area contributed by atoms with Gasteiger partial charge >= 0.3 is 0 Å². The van der Waals surface area contributed by atoms with Crippen LogP contribution in [0.25, 0.3) is 10.9 Å². The molecule has 1 N–H and O–H groups in total. The summed E-state index contributed by atoms with van der Waals surface area (Å²) in [7, 11) is 0. The SMILES string of the molecule is Cc1cc(Cl)c2c(C(F)F)[nH]nc2c1. The minimum Gasteiger partial charge on any atom is -0.275 e. The summed E-state index contributed by atoms with van der Waals surface area (Å²) in [5.41, 5.74) is 1.16. The summed E-state index contributed by atoms with van der Waals surface area (Å²) < 4.78 is 25.0. The fourth-order valence-electron chi connectivity index (χ4n) is 1.41. The Bertz CT molecular complexity index is 479. The van der Waals surface area contributed by atoms with Crippen LogP contribution < -0.4 is 0 Å². The molecule has 14 heavy (non-hydrogen) atoms. The fourth-order valence-corrected chi connectivity index (χ4v) is 1.78. The van der Waals surface area contributed by atoms with Crippen molar-refractivity contribution in [3.63, 3.8) is 0 Å². The monoisotopic (exact) mass is 216 g/mol. The number of H-pyrrole nitrogens is 1. The number of aromatic amines is 1. The Morgan fingerprint density at radius 1 is 1.43 bits per heavy atom. The van der Waals surface area contributed by atoms with E-state index >= 15 is 0 Å². The molecule has 0 saturated carbocycles. The molecule has 74 valence electrons. The fraction of sp³-hybridized carbons (Fsp3) is 0.222. The minimum absolute atomic E-state index is 0.218. The number of alkyl halides is 2. The van der Waals surface area contributed by atoms with Gasteiger partial charge in [0.15, 0.2) is 0 Å². The Hall–Kier alpha value is -1.16. The van der Waals surface area contributed by atoms with Crippen LogP contribution in [0.5, 0.6) is 0 Å². The van der Waals surface area contributed by atoms with E-state index in [2.05, 4.69) is 10.2 Å². The number of aromatic nitrogens is 2. The number of rotatable bonds is 1. The molecule has 0 fully saturated rings. The molecule has 0 radical (unpaired) electrons. The van der Waals surface area contributed by atoms with Crippen molar-refractivity contribution in [1.29, 1.82) is 0 Å². The number of aryl methyl sites for hydroxylation is 1. The number of halogens is 3. The number of benzene rings is 1. The van der Waals surface area contributed by atoms with Crippen LogP contribution in [0.4, 0.5) is 8.78 Å². The summed E-state index contributed by atoms with van der Waals surface area (Å²) in [6.45, 7) is 1.84. The maximum Gasteiger partial charge on any atom is 0.280 e. The molecule has 0 aliphatic heterocycles. The van der Waals surface area contributed by atoms with Gasteiger partial charge in [-0.05, 0) is 24.6 Å². The molecule has 2 nitrogen and oxygen atoms in total. The highest BCUT2D eigenvalue weighted by Crippen LogP contribution is 2.31. The van der Waals surface area contributed by atoms with Crippen molar-refractivity contribution in [3.05, 3.63) is 28.4 Å². The maximum absolute atomic E-state index is 12.5. The predicted molar refractivity (Wildman–Crippen MR) is 50.8 cm³/mol. The third-order valence-corrected chi connectivity index (χ3v) is 2.30. The lowest BCUT2D eigenvalue weighted by Crippen LogP contribution is -1.85. The molecule has 0 unspecified atom stereocenters. The number of nitrogens with one attached hydrogen (secondary N) is 1. The Morgan fingerprint density at radius 3 is 2.79 bits per heavy atom. The van der Waals surface area contributed by atoms with E-state index in [-0.39, 0.29) is 5.69 Å². The van der Waals surface area contributed by atoms with Crippen molar-refractivity contribution in [2.24, 2.45) is 0 Å². The Kier molecular flexibility index (Phi) is 2.15. The molecule has 0 aliphatic rings. The van der Waals surface area contributed by atoms with Gasteiger partial charge in [-0.25, -0.2) is 8.78 Å². The average Bonchev–Trinajstić information content (AvgIpc) is 2.47. The lowest BCUT2D eigenvalue weighted by molar-refractivity contribution is 0.147. The van der Waals surface area contributed by atoms with Crippen LogP contribution >= 0.6 is 11.6 Å². The van der Waals surface area contributed by atoms with E-state index < -0.39 is 6.43 Å². The maximum atomic E-state index is 12.5. The zero-order valence-electron chi connectivity index (χ0n) is 7.31. The molecule has 0 aliphatic carbocycles. The van der Waals surface area contributed by atoms with Gasteiger partial charge in [0.1, 0.15) is 5.69 Å². The molecular weight excluding hydrogens is 210 g/mol. The number of hydrogen-bond acceptors (Lipinski definition) is 1. The second kappa shape index (κ2) is 3.20. The Balaban J connectivity index is 2.79. The lowest BCUT2D eigenvalue weighted by atomic mass is 10.1. The van der Waals surface area contributed by atoms with E-state index in [0.717, 1.165) is 5.56 Å². The van der Waals surface area contributed by atoms with Crippen LogP contribution in [0.2, 0.25) is 5.02 Å². The predicted octanol–water partition coefficient (Wildman–Crippen LogP) is 3.46. The van der Waals surface area contributed by atoms with Crippen molar-refractivity contribution in [1.82, 2.24) is 10.2 Å². The second-order valence-corrected chi connectivity index (χ2v) is 3.49. The van der Waals surface area contributed by atoms with E-state index in [1.165, 1.54) is 0 Å². The zero-order valence-corrected chi connectivity index (χ0v) is 8.07. The zero-order chi connectivity index (χ0) is 10.3. The Morgan fingerprint density at radius 2 is 2.14 bits per heavy atom. The molecule has 0 amide bonds. The largest absolute Gasteiger partial charge is 0.280 e. The van der Waals surface area contributed by atoms with Crippen molar-refractivity contribution < 1.29 is 8.78 Å². The van der Waals surface area contributed by atoms with Gasteiger partial charge in [-0.15, -0.1) is 0 Å². The van der Waals surface area contributed by atoms with Gasteiger partial charge in [0.2, 0.25) is 0 Å². The average molecular weight is 217 g/mol. The summed E-state index contributed by atoms with van der Waals surface area (Å²) >= 11 is 5.86. The van der Waals surface area contributed by atoms with E-state index in [4.69, 9.17) is 11.6 Å². The molecule has 0 spiro atoms. The molecule has 2 rings (SSSR count). The van der Waals surface area contributed by atoms with Crippen molar-refractivity contribution >= 4 is 22.5 Å². The highest BCUT2D eigenvalue weighted by atomic mass is 35.5. The smallest absolute Gasteiger partial charge is 0.275 e. The van der Waals surface area contributed by atoms with Crippen LogP contribution in [-0.4, -0.2) is 10.2 Å². The van der Waals surface area contributed by atoms with Gasteiger partial charge in [-0.2, -0.15) is 5.10 Å². The molecule has 0 saturated heterocycles. The summed E-state index contributed by atoms with van der Waals surface area (Å²) in [5.74, 6) is 0. The van der Waals surface area contributed by atoms with Gasteiger partial charge in [0, 0.05) is 5.39 Å². The number of nitrogens with zero attached hydrogens (tertiary/aromatic N) is 1. The first-order chi connectivity index (χ1) is 6.59. The first-order valence-corrected chi connectivity index (χ1v) is 4.39. The van der Waals surface area contributed by atoms with E-state index in [1.807, 2.05) is 6.92 Å². The highest BCUT2D eigenvalue weighted by molar-refractivity contribution is 6.35. The van der Waals surface area contributed by atoms with Crippen LogP contribution in [0, 0.1) is 6.92 Å². The lowest BCUT2D eigenvalue weighted by Gasteiger charge is -1.99. The van der Waals surface area contributed by atoms with Crippen LogP contribution in [0.3, 0.4) is 0 Å². The minimum atomic E-state index is -2.58. The molecule has 5 heteroatoms. The van der Waals surface area contributed by atoms with Crippen molar-refractivity contribution in [3.8, 4) is 0 Å². The first-order valence-electron chi connectivity index (χ1n) is 4.02. The van der Waals surface area contributed by atoms with Crippen molar-refractivity contribution in [2.75, 3.05) is 0 Å². The summed E-state index contributed by atoms with van der Waals surface area (Å²) in [6.07, 6.45) is -2.58. The van der Waals surface area contributed by atoms with Gasteiger partial charge in [-0.3, -0.25) is 5.10 Å². The van der Waals surface area contributed by atoms with E-state index in [0.29, 0.717) is 15.9 Å². The van der Waals surface area contributed by atoms with Gasteiger partial charge in [0.05, 0.1) is 10.5 Å². The molecule has 0 atom stereocenters.